The maximum Gasteiger partial charge on any atom is 0.257 e. The lowest BCUT2D eigenvalue weighted by Gasteiger charge is -2.29. The first-order valence-electron chi connectivity index (χ1n) is 7.75. The van der Waals surface area contributed by atoms with E-state index in [9.17, 15) is 4.79 Å². The molecule has 3 unspecified atom stereocenters. The van der Waals surface area contributed by atoms with Crippen molar-refractivity contribution in [2.75, 3.05) is 13.1 Å². The van der Waals surface area contributed by atoms with Crippen LogP contribution in [0.1, 0.15) is 29.6 Å². The lowest BCUT2D eigenvalue weighted by atomic mass is 9.78. The molecule has 2 aliphatic rings. The van der Waals surface area contributed by atoms with Gasteiger partial charge in [-0.3, -0.25) is 4.79 Å². The number of carbonyl (C=O) groups is 1. The molecule has 0 radical (unpaired) electrons. The fourth-order valence-corrected chi connectivity index (χ4v) is 4.00. The van der Waals surface area contributed by atoms with Crippen LogP contribution in [-0.2, 0) is 0 Å². The number of fused-ring (bicyclic) bond motifs is 2. The van der Waals surface area contributed by atoms with E-state index in [2.05, 4.69) is 0 Å². The number of benzene rings is 1. The van der Waals surface area contributed by atoms with Crippen molar-refractivity contribution in [2.45, 2.75) is 25.3 Å². The van der Waals surface area contributed by atoms with Crippen molar-refractivity contribution in [2.24, 2.45) is 17.6 Å². The summed E-state index contributed by atoms with van der Waals surface area (Å²) < 4.78 is 5.50. The van der Waals surface area contributed by atoms with Crippen LogP contribution in [0.25, 0.3) is 11.0 Å². The molecule has 4 heteroatoms. The van der Waals surface area contributed by atoms with Crippen molar-refractivity contribution in [3.05, 3.63) is 36.1 Å². The number of hydrogen-bond donors (Lipinski definition) is 1. The molecule has 1 aromatic carbocycles. The Morgan fingerprint density at radius 2 is 2.10 bits per heavy atom. The zero-order chi connectivity index (χ0) is 14.4. The Labute approximate surface area is 123 Å². The molecular weight excluding hydrogens is 264 g/mol. The Hall–Kier alpha value is -1.81. The minimum Gasteiger partial charge on any atom is -0.463 e. The smallest absolute Gasteiger partial charge is 0.257 e. The minimum absolute atomic E-state index is 0.0848. The fraction of sp³-hybridized carbons (Fsp3) is 0.471. The molecule has 0 spiro atoms. The van der Waals surface area contributed by atoms with Gasteiger partial charge in [0.15, 0.2) is 0 Å². The monoisotopic (exact) mass is 284 g/mol. The van der Waals surface area contributed by atoms with Gasteiger partial charge in [-0.2, -0.15) is 0 Å². The highest BCUT2D eigenvalue weighted by molar-refractivity contribution is 6.06. The Balaban J connectivity index is 1.61. The minimum atomic E-state index is 0.0848. The van der Waals surface area contributed by atoms with Gasteiger partial charge in [0, 0.05) is 24.5 Å². The number of amides is 1. The Morgan fingerprint density at radius 3 is 2.95 bits per heavy atom. The summed E-state index contributed by atoms with van der Waals surface area (Å²) in [4.78, 5) is 14.8. The topological polar surface area (TPSA) is 59.5 Å². The van der Waals surface area contributed by atoms with Crippen molar-refractivity contribution >= 4 is 16.9 Å². The average Bonchev–Trinajstić information content (AvgIpc) is 3.11. The van der Waals surface area contributed by atoms with E-state index in [0.717, 1.165) is 30.5 Å². The number of carbonyl (C=O) groups excluding carboxylic acids is 1. The third-order valence-corrected chi connectivity index (χ3v) is 5.15. The first-order chi connectivity index (χ1) is 10.2. The largest absolute Gasteiger partial charge is 0.463 e. The lowest BCUT2D eigenvalue weighted by molar-refractivity contribution is 0.0784. The highest BCUT2D eigenvalue weighted by atomic mass is 16.3. The highest BCUT2D eigenvalue weighted by Gasteiger charge is 2.40. The number of furan rings is 1. The Bertz CT molecular complexity index is 678. The molecule has 4 nitrogen and oxygen atoms in total. The van der Waals surface area contributed by atoms with Crippen LogP contribution >= 0.6 is 0 Å². The van der Waals surface area contributed by atoms with Gasteiger partial charge in [-0.15, -0.1) is 0 Å². The summed E-state index contributed by atoms with van der Waals surface area (Å²) in [5.74, 6) is 1.14. The molecule has 2 heterocycles. The van der Waals surface area contributed by atoms with Gasteiger partial charge in [0.25, 0.3) is 5.91 Å². The summed E-state index contributed by atoms with van der Waals surface area (Å²) in [5.41, 5.74) is 7.69. The highest BCUT2D eigenvalue weighted by Crippen LogP contribution is 2.36. The number of hydrogen-bond acceptors (Lipinski definition) is 3. The maximum atomic E-state index is 12.8. The fourth-order valence-electron chi connectivity index (χ4n) is 4.00. The standard InChI is InChI=1S/C17H20N2O2/c18-15-6-3-4-11-8-19(9-13(11)15)17(20)14-10-21-16-7-2-1-5-12(14)16/h1-2,5,7,10-11,13,15H,3-4,6,8-9,18H2. The zero-order valence-corrected chi connectivity index (χ0v) is 12.0. The van der Waals surface area contributed by atoms with Crippen molar-refractivity contribution < 1.29 is 9.21 Å². The van der Waals surface area contributed by atoms with E-state index in [0.29, 0.717) is 17.4 Å². The van der Waals surface area contributed by atoms with Crippen molar-refractivity contribution in [3.63, 3.8) is 0 Å². The number of nitrogens with zero attached hydrogens (tertiary/aromatic N) is 1. The van der Waals surface area contributed by atoms with Gasteiger partial charge < -0.3 is 15.1 Å². The molecule has 1 amide bonds. The summed E-state index contributed by atoms with van der Waals surface area (Å²) in [7, 11) is 0. The van der Waals surface area contributed by atoms with Crippen LogP contribution < -0.4 is 5.73 Å². The van der Waals surface area contributed by atoms with Crippen LogP contribution in [0.3, 0.4) is 0 Å². The van der Waals surface area contributed by atoms with Gasteiger partial charge in [-0.05, 0) is 30.7 Å². The molecule has 4 rings (SSSR count). The molecule has 0 bridgehead atoms. The summed E-state index contributed by atoms with van der Waals surface area (Å²) >= 11 is 0. The molecule has 2 fully saturated rings. The lowest BCUT2D eigenvalue weighted by Crippen LogP contribution is -2.38. The third kappa shape index (κ3) is 2.05. The predicted molar refractivity (Wildman–Crippen MR) is 80.9 cm³/mol. The molecule has 3 atom stereocenters. The van der Waals surface area contributed by atoms with E-state index in [1.807, 2.05) is 29.2 Å². The molecule has 110 valence electrons. The summed E-state index contributed by atoms with van der Waals surface area (Å²) in [6, 6.07) is 7.95. The number of likely N-dealkylation sites (tertiary alicyclic amines) is 1. The molecule has 1 aliphatic heterocycles. The van der Waals surface area contributed by atoms with Crippen LogP contribution in [0.2, 0.25) is 0 Å². The van der Waals surface area contributed by atoms with E-state index in [-0.39, 0.29) is 11.9 Å². The number of nitrogens with two attached hydrogens (primary N) is 1. The molecule has 1 aromatic heterocycles. The molecule has 21 heavy (non-hydrogen) atoms. The van der Waals surface area contributed by atoms with Gasteiger partial charge in [-0.1, -0.05) is 24.6 Å². The van der Waals surface area contributed by atoms with Gasteiger partial charge in [0.05, 0.1) is 5.56 Å². The van der Waals surface area contributed by atoms with E-state index in [1.54, 1.807) is 6.26 Å². The van der Waals surface area contributed by atoms with Gasteiger partial charge in [-0.25, -0.2) is 0 Å². The summed E-state index contributed by atoms with van der Waals surface area (Å²) in [6.45, 7) is 1.64. The quantitative estimate of drug-likeness (QED) is 0.875. The summed E-state index contributed by atoms with van der Waals surface area (Å²) in [5, 5.41) is 0.904. The van der Waals surface area contributed by atoms with Crippen LogP contribution in [0.4, 0.5) is 0 Å². The molecular formula is C17H20N2O2. The second-order valence-corrected chi connectivity index (χ2v) is 6.37. The van der Waals surface area contributed by atoms with Crippen molar-refractivity contribution in [3.8, 4) is 0 Å². The normalized spacial score (nSPS) is 28.8. The van der Waals surface area contributed by atoms with Crippen LogP contribution in [0.15, 0.2) is 34.9 Å². The van der Waals surface area contributed by atoms with Gasteiger partial charge in [0.1, 0.15) is 11.8 Å². The van der Waals surface area contributed by atoms with E-state index in [1.165, 1.54) is 12.8 Å². The molecule has 1 aliphatic carbocycles. The van der Waals surface area contributed by atoms with E-state index >= 15 is 0 Å². The molecule has 1 saturated heterocycles. The third-order valence-electron chi connectivity index (χ3n) is 5.15. The van der Waals surface area contributed by atoms with Crippen LogP contribution in [-0.4, -0.2) is 29.9 Å². The molecule has 2 aromatic rings. The first-order valence-corrected chi connectivity index (χ1v) is 7.75. The van der Waals surface area contributed by atoms with Crippen molar-refractivity contribution in [1.29, 1.82) is 0 Å². The second kappa shape index (κ2) is 4.88. The Morgan fingerprint density at radius 1 is 1.24 bits per heavy atom. The van der Waals surface area contributed by atoms with Crippen molar-refractivity contribution in [1.82, 2.24) is 4.90 Å². The number of para-hydroxylation sites is 1. The summed E-state index contributed by atoms with van der Waals surface area (Å²) in [6.07, 6.45) is 5.08. The Kier molecular flexibility index (Phi) is 3.00. The molecule has 2 N–H and O–H groups in total. The van der Waals surface area contributed by atoms with E-state index in [4.69, 9.17) is 10.2 Å². The van der Waals surface area contributed by atoms with Crippen LogP contribution in [0, 0.1) is 11.8 Å². The first kappa shape index (κ1) is 12.9. The average molecular weight is 284 g/mol. The molecule has 1 saturated carbocycles. The second-order valence-electron chi connectivity index (χ2n) is 6.37. The van der Waals surface area contributed by atoms with Gasteiger partial charge >= 0.3 is 0 Å². The maximum absolute atomic E-state index is 12.8. The predicted octanol–water partition coefficient (Wildman–Crippen LogP) is 2.63. The number of rotatable bonds is 1. The van der Waals surface area contributed by atoms with E-state index < -0.39 is 0 Å². The van der Waals surface area contributed by atoms with Crippen LogP contribution in [0.5, 0.6) is 0 Å². The van der Waals surface area contributed by atoms with Gasteiger partial charge in [0.2, 0.25) is 0 Å². The zero-order valence-electron chi connectivity index (χ0n) is 12.0. The SMILES string of the molecule is NC1CCCC2CN(C(=O)c3coc4ccccc34)CC12.